The molecule has 4 nitrogen and oxygen atoms in total. The third-order valence-corrected chi connectivity index (χ3v) is 2.29. The maximum atomic E-state index is 11.1. The number of esters is 1. The molecule has 1 heterocycles. The standard InChI is InChI=1S/C9H12O4/c1-4-9(3)7(11)6(5(2)10)8(12)13-9/h11H,4H2,1-3H3. The van der Waals surface area contributed by atoms with E-state index in [2.05, 4.69) is 0 Å². The molecule has 1 atom stereocenters. The van der Waals surface area contributed by atoms with E-state index in [0.29, 0.717) is 6.42 Å². The normalized spacial score (nSPS) is 27.8. The molecule has 0 saturated carbocycles. The number of ether oxygens (including phenoxy) is 1. The summed E-state index contributed by atoms with van der Waals surface area (Å²) in [6.07, 6.45) is 0.446. The quantitative estimate of drug-likeness (QED) is 0.515. The zero-order valence-electron chi connectivity index (χ0n) is 7.88. The third kappa shape index (κ3) is 1.32. The van der Waals surface area contributed by atoms with Crippen molar-refractivity contribution < 1.29 is 19.4 Å². The van der Waals surface area contributed by atoms with E-state index >= 15 is 0 Å². The first-order valence-corrected chi connectivity index (χ1v) is 4.10. The number of aliphatic hydroxyl groups is 1. The monoisotopic (exact) mass is 184 g/mol. The van der Waals surface area contributed by atoms with Crippen LogP contribution in [0.4, 0.5) is 0 Å². The maximum Gasteiger partial charge on any atom is 0.346 e. The van der Waals surface area contributed by atoms with Gasteiger partial charge in [0.05, 0.1) is 0 Å². The Labute approximate surface area is 76.2 Å². The smallest absolute Gasteiger partial charge is 0.346 e. The predicted octanol–water partition coefficient (Wildman–Crippen LogP) is 1.11. The molecule has 1 rings (SSSR count). The molecule has 0 amide bonds. The largest absolute Gasteiger partial charge is 0.507 e. The van der Waals surface area contributed by atoms with Crippen molar-refractivity contribution in [3.05, 3.63) is 11.3 Å². The summed E-state index contributed by atoms with van der Waals surface area (Å²) < 4.78 is 4.90. The first kappa shape index (κ1) is 9.77. The van der Waals surface area contributed by atoms with Crippen LogP contribution in [0.1, 0.15) is 27.2 Å². The van der Waals surface area contributed by atoms with Crippen molar-refractivity contribution in [2.24, 2.45) is 0 Å². The number of cyclic esters (lactones) is 1. The SMILES string of the molecule is CCC1(C)OC(=O)C(C(C)=O)=C1O. The van der Waals surface area contributed by atoms with Gasteiger partial charge in [0.1, 0.15) is 5.57 Å². The van der Waals surface area contributed by atoms with Crippen LogP contribution in [0.3, 0.4) is 0 Å². The first-order valence-electron chi connectivity index (χ1n) is 4.10. The molecule has 0 saturated heterocycles. The summed E-state index contributed by atoms with van der Waals surface area (Å²) in [6, 6.07) is 0. The number of aliphatic hydroxyl groups excluding tert-OH is 1. The lowest BCUT2D eigenvalue weighted by Crippen LogP contribution is -2.26. The summed E-state index contributed by atoms with van der Waals surface area (Å²) >= 11 is 0. The highest BCUT2D eigenvalue weighted by atomic mass is 16.6. The molecule has 1 aliphatic heterocycles. The van der Waals surface area contributed by atoms with Crippen LogP contribution in [0.2, 0.25) is 0 Å². The number of carbonyl (C=O) groups is 2. The lowest BCUT2D eigenvalue weighted by Gasteiger charge is -2.20. The molecule has 0 aliphatic carbocycles. The highest BCUT2D eigenvalue weighted by Crippen LogP contribution is 2.33. The van der Waals surface area contributed by atoms with Gasteiger partial charge in [-0.05, 0) is 20.3 Å². The Balaban J connectivity index is 3.18. The van der Waals surface area contributed by atoms with Gasteiger partial charge in [0.25, 0.3) is 0 Å². The van der Waals surface area contributed by atoms with Crippen LogP contribution in [0.5, 0.6) is 0 Å². The van der Waals surface area contributed by atoms with Crippen molar-refractivity contribution >= 4 is 11.8 Å². The predicted molar refractivity (Wildman–Crippen MR) is 45.1 cm³/mol. The minimum atomic E-state index is -1.02. The molecule has 0 aromatic rings. The van der Waals surface area contributed by atoms with Gasteiger partial charge in [0.15, 0.2) is 17.1 Å². The average molecular weight is 184 g/mol. The van der Waals surface area contributed by atoms with E-state index < -0.39 is 17.4 Å². The Hall–Kier alpha value is -1.32. The van der Waals surface area contributed by atoms with E-state index in [-0.39, 0.29) is 11.3 Å². The van der Waals surface area contributed by atoms with Crippen molar-refractivity contribution in [1.29, 1.82) is 0 Å². The minimum absolute atomic E-state index is 0.218. The van der Waals surface area contributed by atoms with Crippen LogP contribution >= 0.6 is 0 Å². The number of hydrogen-bond donors (Lipinski definition) is 1. The summed E-state index contributed by atoms with van der Waals surface area (Å²) in [5, 5.41) is 9.56. The van der Waals surface area contributed by atoms with Crippen LogP contribution in [-0.2, 0) is 14.3 Å². The fourth-order valence-corrected chi connectivity index (χ4v) is 1.22. The van der Waals surface area contributed by atoms with Crippen molar-refractivity contribution in [3.8, 4) is 0 Å². The molecule has 0 bridgehead atoms. The van der Waals surface area contributed by atoms with E-state index in [1.807, 2.05) is 0 Å². The van der Waals surface area contributed by atoms with Crippen molar-refractivity contribution in [2.75, 3.05) is 0 Å². The average Bonchev–Trinajstić information content (AvgIpc) is 2.24. The summed E-state index contributed by atoms with van der Waals surface area (Å²) in [4.78, 5) is 22.1. The van der Waals surface area contributed by atoms with Gasteiger partial charge in [-0.15, -0.1) is 0 Å². The number of rotatable bonds is 2. The minimum Gasteiger partial charge on any atom is -0.507 e. The summed E-state index contributed by atoms with van der Waals surface area (Å²) in [6.45, 7) is 4.58. The Morgan fingerprint density at radius 2 is 2.15 bits per heavy atom. The fourth-order valence-electron chi connectivity index (χ4n) is 1.22. The molecule has 0 fully saturated rings. The van der Waals surface area contributed by atoms with Crippen LogP contribution in [-0.4, -0.2) is 22.5 Å². The molecular weight excluding hydrogens is 172 g/mol. The topological polar surface area (TPSA) is 63.6 Å². The molecule has 1 aliphatic rings. The summed E-state index contributed by atoms with van der Waals surface area (Å²) in [7, 11) is 0. The van der Waals surface area contributed by atoms with Gasteiger partial charge < -0.3 is 9.84 Å². The van der Waals surface area contributed by atoms with E-state index in [1.54, 1.807) is 13.8 Å². The van der Waals surface area contributed by atoms with Crippen LogP contribution in [0, 0.1) is 0 Å². The van der Waals surface area contributed by atoms with Crippen LogP contribution in [0.15, 0.2) is 11.3 Å². The lowest BCUT2D eigenvalue weighted by molar-refractivity contribution is -0.147. The molecule has 0 aromatic heterocycles. The zero-order valence-corrected chi connectivity index (χ0v) is 7.88. The second kappa shape index (κ2) is 2.87. The van der Waals surface area contributed by atoms with Crippen LogP contribution < -0.4 is 0 Å². The van der Waals surface area contributed by atoms with Gasteiger partial charge in [-0.2, -0.15) is 0 Å². The van der Waals surface area contributed by atoms with E-state index in [9.17, 15) is 14.7 Å². The summed E-state index contributed by atoms with van der Waals surface area (Å²) in [5.41, 5.74) is -1.23. The summed E-state index contributed by atoms with van der Waals surface area (Å²) in [5.74, 6) is -1.43. The first-order chi connectivity index (χ1) is 5.92. The second-order valence-electron chi connectivity index (χ2n) is 3.25. The second-order valence-corrected chi connectivity index (χ2v) is 3.25. The molecule has 1 N–H and O–H groups in total. The van der Waals surface area contributed by atoms with E-state index in [4.69, 9.17) is 4.74 Å². The number of hydrogen-bond acceptors (Lipinski definition) is 4. The van der Waals surface area contributed by atoms with Gasteiger partial charge >= 0.3 is 5.97 Å². The molecule has 1 unspecified atom stereocenters. The Morgan fingerprint density at radius 1 is 1.62 bits per heavy atom. The Morgan fingerprint density at radius 3 is 2.38 bits per heavy atom. The van der Waals surface area contributed by atoms with Crippen LogP contribution in [0.25, 0.3) is 0 Å². The van der Waals surface area contributed by atoms with Gasteiger partial charge in [-0.3, -0.25) is 4.79 Å². The highest BCUT2D eigenvalue weighted by molar-refractivity contribution is 6.18. The number of ketones is 1. The van der Waals surface area contributed by atoms with Gasteiger partial charge in [0, 0.05) is 0 Å². The molecule has 0 spiro atoms. The Kier molecular flexibility index (Phi) is 2.15. The molecule has 72 valence electrons. The molecule has 4 heteroatoms. The van der Waals surface area contributed by atoms with Crippen molar-refractivity contribution in [2.45, 2.75) is 32.8 Å². The number of carbonyl (C=O) groups excluding carboxylic acids is 2. The maximum absolute atomic E-state index is 11.1. The molecule has 0 aromatic carbocycles. The Bertz CT molecular complexity index is 303. The van der Waals surface area contributed by atoms with Crippen molar-refractivity contribution in [3.63, 3.8) is 0 Å². The van der Waals surface area contributed by atoms with E-state index in [0.717, 1.165) is 0 Å². The fraction of sp³-hybridized carbons (Fsp3) is 0.556. The van der Waals surface area contributed by atoms with Gasteiger partial charge in [0.2, 0.25) is 0 Å². The van der Waals surface area contributed by atoms with Gasteiger partial charge in [-0.1, -0.05) is 6.92 Å². The zero-order chi connectivity index (χ0) is 10.2. The van der Waals surface area contributed by atoms with Crippen molar-refractivity contribution in [1.82, 2.24) is 0 Å². The molecule has 13 heavy (non-hydrogen) atoms. The lowest BCUT2D eigenvalue weighted by atomic mass is 9.99. The number of Topliss-reactive ketones (excluding diaryl/α,β-unsaturated/α-hetero) is 1. The van der Waals surface area contributed by atoms with Gasteiger partial charge in [-0.25, -0.2) is 4.79 Å². The van der Waals surface area contributed by atoms with E-state index in [1.165, 1.54) is 6.92 Å². The molecular formula is C9H12O4. The third-order valence-electron chi connectivity index (χ3n) is 2.29. The highest BCUT2D eigenvalue weighted by Gasteiger charge is 2.44. The molecule has 0 radical (unpaired) electrons.